The lowest BCUT2D eigenvalue weighted by molar-refractivity contribution is -0.137. The molecule has 6 atom stereocenters. The van der Waals surface area contributed by atoms with Crippen LogP contribution in [-0.4, -0.2) is 216 Å². The number of amides is 4. The van der Waals surface area contributed by atoms with Gasteiger partial charge in [-0.15, -0.1) is 0 Å². The van der Waals surface area contributed by atoms with Crippen molar-refractivity contribution < 1.29 is 70.2 Å². The number of hydrogen-bond donors (Lipinski definition) is 3. The molecule has 21 nitrogen and oxygen atoms in total. The van der Waals surface area contributed by atoms with E-state index in [1.165, 1.54) is 12.4 Å². The molecule has 3 fully saturated rings. The quantitative estimate of drug-likeness (QED) is 0.0715. The largest absolute Gasteiger partial charge is 0.416 e. The van der Waals surface area contributed by atoms with Gasteiger partial charge in [0.2, 0.25) is 23.6 Å². The Morgan fingerprint density at radius 3 is 1.96 bits per heavy atom. The van der Waals surface area contributed by atoms with Crippen LogP contribution in [0.1, 0.15) is 69.5 Å². The molecule has 6 rings (SSSR count). The molecule has 3 aromatic rings. The number of halogens is 3. The van der Waals surface area contributed by atoms with E-state index in [1.54, 1.807) is 35.3 Å². The lowest BCUT2D eigenvalue weighted by Gasteiger charge is -2.44. The van der Waals surface area contributed by atoms with Crippen molar-refractivity contribution in [2.45, 2.75) is 94.8 Å². The Kier molecular flexibility index (Phi) is 25.4. The van der Waals surface area contributed by atoms with Crippen molar-refractivity contribution in [3.05, 3.63) is 60.2 Å². The van der Waals surface area contributed by atoms with Crippen LogP contribution in [0.25, 0.3) is 10.9 Å². The molecule has 0 radical (unpaired) electrons. The van der Waals surface area contributed by atoms with Crippen molar-refractivity contribution >= 4 is 40.3 Å². The summed E-state index contributed by atoms with van der Waals surface area (Å²) in [7, 11) is 3.78. The van der Waals surface area contributed by atoms with E-state index in [2.05, 4.69) is 56.7 Å². The highest BCUT2D eigenvalue weighted by Gasteiger charge is 2.44. The average Bonchev–Trinajstić information content (AvgIpc) is 3.97. The fourth-order valence-corrected chi connectivity index (χ4v) is 9.70. The van der Waals surface area contributed by atoms with Crippen molar-refractivity contribution in [1.82, 2.24) is 40.3 Å². The molecule has 2 aromatic heterocycles. The molecule has 2 aliphatic heterocycles. The zero-order chi connectivity index (χ0) is 55.0. The third-order valence-corrected chi connectivity index (χ3v) is 14.0. The monoisotopic (exact) mass is 1090 g/mol. The van der Waals surface area contributed by atoms with E-state index in [0.29, 0.717) is 143 Å². The molecule has 1 aliphatic carbocycles. The SMILES string of the molecule is CC(C)N(C)[C@@H]1CCC(N2CC[C@H](Nc3ncnc4ccc(C(F)(F)F)cc34)C2=O)[C@H](NC(=O)CCOCCOCCOCCOCCOCCOCCOCCOCCNC(=O)[C@H]2CC(=O)N(C)[C@@H]2c2cccnc2)C1. The average molecular weight is 1090 g/mol. The highest BCUT2D eigenvalue weighted by molar-refractivity contribution is 5.93. The number of nitrogens with zero attached hydrogens (tertiary/aromatic N) is 6. The number of ether oxygens (including phenoxy) is 8. The fourth-order valence-electron chi connectivity index (χ4n) is 9.70. The minimum atomic E-state index is -4.55. The molecule has 0 spiro atoms. The number of hydrogen-bond acceptors (Lipinski definition) is 17. The Hall–Kier alpha value is -5.18. The molecule has 3 N–H and O–H groups in total. The number of carbonyl (C=O) groups excluding carboxylic acids is 4. The third kappa shape index (κ3) is 19.3. The van der Waals surface area contributed by atoms with Crippen LogP contribution in [0.3, 0.4) is 0 Å². The molecule has 24 heteroatoms. The fraction of sp³-hybridized carbons (Fsp3) is 0.679. The Labute approximate surface area is 448 Å². The van der Waals surface area contributed by atoms with Gasteiger partial charge in [0.05, 0.1) is 141 Å². The van der Waals surface area contributed by atoms with E-state index in [1.807, 2.05) is 6.07 Å². The first-order valence-electron chi connectivity index (χ1n) is 26.7. The topological polar surface area (TPSA) is 227 Å². The van der Waals surface area contributed by atoms with Crippen LogP contribution in [-0.2, 0) is 63.2 Å². The second kappa shape index (κ2) is 32.0. The highest BCUT2D eigenvalue weighted by Crippen LogP contribution is 2.37. The van der Waals surface area contributed by atoms with Crippen molar-refractivity contribution in [3.8, 4) is 0 Å². The van der Waals surface area contributed by atoms with Gasteiger partial charge in [-0.3, -0.25) is 24.2 Å². The van der Waals surface area contributed by atoms with Crippen LogP contribution in [0.2, 0.25) is 0 Å². The van der Waals surface area contributed by atoms with Crippen LogP contribution in [0.4, 0.5) is 19.0 Å². The second-order valence-corrected chi connectivity index (χ2v) is 19.4. The first-order valence-corrected chi connectivity index (χ1v) is 26.7. The smallest absolute Gasteiger partial charge is 0.379 e. The van der Waals surface area contributed by atoms with Gasteiger partial charge in [-0.1, -0.05) is 6.07 Å². The number of likely N-dealkylation sites (tertiary alicyclic amines) is 2. The summed E-state index contributed by atoms with van der Waals surface area (Å²) in [5.74, 6) is -0.939. The molecule has 3 aliphatic rings. The molecule has 1 aromatic carbocycles. The number of alkyl halides is 3. The summed E-state index contributed by atoms with van der Waals surface area (Å²) in [5.41, 5.74) is 0.338. The molecule has 77 heavy (non-hydrogen) atoms. The van der Waals surface area contributed by atoms with Crippen molar-refractivity contribution in [2.24, 2.45) is 5.92 Å². The first-order chi connectivity index (χ1) is 37.2. The third-order valence-electron chi connectivity index (χ3n) is 14.0. The Morgan fingerprint density at radius 1 is 0.792 bits per heavy atom. The maximum Gasteiger partial charge on any atom is 0.416 e. The number of benzene rings is 1. The number of nitrogens with one attached hydrogen (secondary N) is 3. The number of fused-ring (bicyclic) bond motifs is 1. The molecule has 0 bridgehead atoms. The van der Waals surface area contributed by atoms with Gasteiger partial charge in [0.25, 0.3) is 0 Å². The van der Waals surface area contributed by atoms with Crippen LogP contribution >= 0.6 is 0 Å². The van der Waals surface area contributed by atoms with Gasteiger partial charge in [0, 0.05) is 62.8 Å². The van der Waals surface area contributed by atoms with Crippen molar-refractivity contribution in [2.75, 3.05) is 138 Å². The maximum atomic E-state index is 13.9. The summed E-state index contributed by atoms with van der Waals surface area (Å²) >= 11 is 0. The predicted molar refractivity (Wildman–Crippen MR) is 277 cm³/mol. The first kappa shape index (κ1) is 61.0. The zero-order valence-corrected chi connectivity index (χ0v) is 44.8. The van der Waals surface area contributed by atoms with Gasteiger partial charge >= 0.3 is 6.18 Å². The van der Waals surface area contributed by atoms with Gasteiger partial charge in [0.1, 0.15) is 18.2 Å². The Balaban J connectivity index is 0.720. The minimum Gasteiger partial charge on any atom is -0.379 e. The summed E-state index contributed by atoms with van der Waals surface area (Å²) in [6.07, 6.45) is 2.97. The second-order valence-electron chi connectivity index (χ2n) is 19.4. The molecular formula is C53H78F3N9O12. The molecular weight excluding hydrogens is 1010 g/mol. The predicted octanol–water partition coefficient (Wildman–Crippen LogP) is 3.66. The molecule has 4 amide bonds. The van der Waals surface area contributed by atoms with Crippen molar-refractivity contribution in [1.29, 1.82) is 0 Å². The number of aromatic nitrogens is 3. The van der Waals surface area contributed by atoms with Crippen LogP contribution in [0.15, 0.2) is 49.1 Å². The molecule has 1 unspecified atom stereocenters. The summed E-state index contributed by atoms with van der Waals surface area (Å²) in [5, 5.41) is 9.36. The van der Waals surface area contributed by atoms with Crippen LogP contribution < -0.4 is 16.0 Å². The number of pyridine rings is 1. The normalized spacial score (nSPS) is 21.0. The van der Waals surface area contributed by atoms with Gasteiger partial charge in [0.15, 0.2) is 0 Å². The van der Waals surface area contributed by atoms with E-state index in [9.17, 15) is 32.3 Å². The molecule has 4 heterocycles. The van der Waals surface area contributed by atoms with Crippen LogP contribution in [0, 0.1) is 5.92 Å². The lowest BCUT2D eigenvalue weighted by atomic mass is 9.84. The van der Waals surface area contributed by atoms with E-state index >= 15 is 0 Å². The standard InChI is InChI=1S/C53H78F3N9O12/c1-37(2)63(3)40-8-10-46(65-15-11-44(52(65)69)62-50-41-32-39(53(54,55)56)7-9-43(41)59-36-60-50)45(33-40)61-47(66)12-16-70-18-20-72-22-24-74-26-28-76-30-31-77-29-27-75-25-23-73-21-19-71-17-14-58-51(68)42-34-48(67)64(4)49(42)38-6-5-13-57-35-38/h5-7,9,13,32,35-37,40,42,44-46,49H,8,10-12,14-31,33-34H2,1-4H3,(H,58,68)(H,61,66)(H,59,60,62)/t40-,42+,44+,45-,46?,49-/m1/s1. The minimum absolute atomic E-state index is 0.0724. The van der Waals surface area contributed by atoms with E-state index in [-0.39, 0.29) is 78.4 Å². The lowest BCUT2D eigenvalue weighted by Crippen LogP contribution is -2.58. The number of anilines is 1. The molecule has 2 saturated heterocycles. The summed E-state index contributed by atoms with van der Waals surface area (Å²) in [4.78, 5) is 70.5. The number of carbonyl (C=O) groups is 4. The molecule has 428 valence electrons. The summed E-state index contributed by atoms with van der Waals surface area (Å²) in [6, 6.07) is 5.84. The van der Waals surface area contributed by atoms with Gasteiger partial charge in [-0.05, 0) is 76.4 Å². The van der Waals surface area contributed by atoms with Gasteiger partial charge in [-0.2, -0.15) is 13.2 Å². The molecule has 1 saturated carbocycles. The Bertz CT molecular complexity index is 2270. The van der Waals surface area contributed by atoms with Crippen molar-refractivity contribution in [3.63, 3.8) is 0 Å². The zero-order valence-electron chi connectivity index (χ0n) is 44.8. The highest BCUT2D eigenvalue weighted by atomic mass is 19.4. The van der Waals surface area contributed by atoms with Gasteiger partial charge in [-0.25, -0.2) is 9.97 Å². The summed E-state index contributed by atoms with van der Waals surface area (Å²) in [6.45, 7) is 11.0. The van der Waals surface area contributed by atoms with E-state index < -0.39 is 23.7 Å². The van der Waals surface area contributed by atoms with E-state index in [4.69, 9.17) is 37.9 Å². The maximum absolute atomic E-state index is 13.9. The number of rotatable bonds is 35. The van der Waals surface area contributed by atoms with Gasteiger partial charge < -0.3 is 68.5 Å². The van der Waals surface area contributed by atoms with Crippen LogP contribution in [0.5, 0.6) is 0 Å². The summed E-state index contributed by atoms with van der Waals surface area (Å²) < 4.78 is 85.2. The van der Waals surface area contributed by atoms with E-state index in [0.717, 1.165) is 24.1 Å². The Morgan fingerprint density at radius 2 is 1.39 bits per heavy atom.